The van der Waals surface area contributed by atoms with Crippen LogP contribution in [0.2, 0.25) is 0 Å². The lowest BCUT2D eigenvalue weighted by molar-refractivity contribution is -0.137. The highest BCUT2D eigenvalue weighted by Crippen LogP contribution is 2.30. The number of aromatic nitrogens is 2. The molecule has 0 fully saturated rings. The summed E-state index contributed by atoms with van der Waals surface area (Å²) in [4.78, 5) is 0. The highest BCUT2D eigenvalue weighted by molar-refractivity contribution is 7.80. The van der Waals surface area contributed by atoms with E-state index in [2.05, 4.69) is 15.7 Å². The molecule has 2 N–H and O–H groups in total. The number of aryl methyl sites for hydroxylation is 2. The van der Waals surface area contributed by atoms with Gasteiger partial charge in [-0.2, -0.15) is 18.3 Å². The maximum absolute atomic E-state index is 12.6. The van der Waals surface area contributed by atoms with Crippen LogP contribution in [-0.2, 0) is 12.7 Å². The van der Waals surface area contributed by atoms with E-state index in [0.29, 0.717) is 17.3 Å². The molecule has 0 aliphatic carbocycles. The van der Waals surface area contributed by atoms with Crippen molar-refractivity contribution < 1.29 is 13.2 Å². The molecule has 1 aromatic heterocycles. The fourth-order valence-electron chi connectivity index (χ4n) is 1.98. The van der Waals surface area contributed by atoms with Gasteiger partial charge in [-0.05, 0) is 49.3 Å². The van der Waals surface area contributed by atoms with Crippen molar-refractivity contribution in [2.75, 3.05) is 11.9 Å². The number of hydrogen-bond acceptors (Lipinski definition) is 2. The average Bonchev–Trinajstić information content (AvgIpc) is 2.89. The standard InChI is InChI=1S/C15H17F3N4S/c1-11-9-20-22(10-11)7-3-6-19-14(23)21-13-5-2-4-12(8-13)15(16,17)18/h2,4-5,8-10H,3,6-7H2,1H3,(H2,19,21,23). The van der Waals surface area contributed by atoms with Crippen molar-refractivity contribution in [2.24, 2.45) is 0 Å². The Labute approximate surface area is 137 Å². The number of benzene rings is 1. The zero-order valence-corrected chi connectivity index (χ0v) is 13.3. The van der Waals surface area contributed by atoms with Crippen molar-refractivity contribution >= 4 is 23.0 Å². The third-order valence-corrected chi connectivity index (χ3v) is 3.31. The lowest BCUT2D eigenvalue weighted by Gasteiger charge is -2.12. The summed E-state index contributed by atoms with van der Waals surface area (Å²) in [5, 5.41) is 10.2. The zero-order chi connectivity index (χ0) is 16.9. The average molecular weight is 342 g/mol. The highest BCUT2D eigenvalue weighted by Gasteiger charge is 2.30. The maximum Gasteiger partial charge on any atom is 0.416 e. The fourth-order valence-corrected chi connectivity index (χ4v) is 2.20. The zero-order valence-electron chi connectivity index (χ0n) is 12.5. The van der Waals surface area contributed by atoms with E-state index in [1.165, 1.54) is 12.1 Å². The second kappa shape index (κ2) is 7.45. The Morgan fingerprint density at radius 1 is 1.35 bits per heavy atom. The first-order chi connectivity index (χ1) is 10.8. The molecule has 0 saturated heterocycles. The molecule has 0 spiro atoms. The molecule has 0 radical (unpaired) electrons. The minimum atomic E-state index is -4.37. The third-order valence-electron chi connectivity index (χ3n) is 3.06. The Bertz CT molecular complexity index is 667. The van der Waals surface area contributed by atoms with E-state index >= 15 is 0 Å². The monoisotopic (exact) mass is 342 g/mol. The minimum Gasteiger partial charge on any atom is -0.362 e. The summed E-state index contributed by atoms with van der Waals surface area (Å²) in [6.07, 6.45) is 0.159. The first kappa shape index (κ1) is 17.3. The molecule has 0 aliphatic heterocycles. The van der Waals surface area contributed by atoms with Crippen LogP contribution in [0.25, 0.3) is 0 Å². The van der Waals surface area contributed by atoms with Crippen LogP contribution in [0.4, 0.5) is 18.9 Å². The predicted octanol–water partition coefficient (Wildman–Crippen LogP) is 3.59. The molecule has 4 nitrogen and oxygen atoms in total. The van der Waals surface area contributed by atoms with Crippen molar-refractivity contribution in [2.45, 2.75) is 26.1 Å². The number of nitrogens with zero attached hydrogens (tertiary/aromatic N) is 2. The van der Waals surface area contributed by atoms with Gasteiger partial charge in [0.1, 0.15) is 0 Å². The van der Waals surface area contributed by atoms with Crippen LogP contribution in [0.1, 0.15) is 17.5 Å². The van der Waals surface area contributed by atoms with Crippen LogP contribution in [0.15, 0.2) is 36.7 Å². The van der Waals surface area contributed by atoms with Crippen molar-refractivity contribution in [1.29, 1.82) is 0 Å². The van der Waals surface area contributed by atoms with Gasteiger partial charge in [0, 0.05) is 25.0 Å². The van der Waals surface area contributed by atoms with Crippen molar-refractivity contribution in [3.8, 4) is 0 Å². The quantitative estimate of drug-likeness (QED) is 0.644. The Morgan fingerprint density at radius 3 is 2.78 bits per heavy atom. The normalized spacial score (nSPS) is 11.3. The molecule has 0 aliphatic rings. The second-order valence-corrected chi connectivity index (χ2v) is 5.50. The van der Waals surface area contributed by atoms with Gasteiger partial charge < -0.3 is 10.6 Å². The first-order valence-corrected chi connectivity index (χ1v) is 7.46. The summed E-state index contributed by atoms with van der Waals surface area (Å²) in [6, 6.07) is 4.93. The van der Waals surface area contributed by atoms with Crippen LogP contribution in [-0.4, -0.2) is 21.4 Å². The Morgan fingerprint density at radius 2 is 2.13 bits per heavy atom. The van der Waals surface area contributed by atoms with Crippen LogP contribution < -0.4 is 10.6 Å². The summed E-state index contributed by atoms with van der Waals surface area (Å²) in [7, 11) is 0. The SMILES string of the molecule is Cc1cnn(CCCNC(=S)Nc2cccc(C(F)(F)F)c2)c1. The molecule has 23 heavy (non-hydrogen) atoms. The molecule has 0 unspecified atom stereocenters. The lowest BCUT2D eigenvalue weighted by Crippen LogP contribution is -2.29. The molecule has 0 bridgehead atoms. The van der Waals surface area contributed by atoms with E-state index in [1.54, 1.807) is 6.20 Å². The molecule has 0 saturated carbocycles. The fraction of sp³-hybridized carbons (Fsp3) is 0.333. The van der Waals surface area contributed by atoms with Crippen LogP contribution in [0.5, 0.6) is 0 Å². The summed E-state index contributed by atoms with van der Waals surface area (Å²) in [5.41, 5.74) is 0.694. The molecule has 8 heteroatoms. The van der Waals surface area contributed by atoms with Gasteiger partial charge in [0.05, 0.1) is 11.8 Å². The van der Waals surface area contributed by atoms with Gasteiger partial charge in [0.15, 0.2) is 5.11 Å². The summed E-state index contributed by atoms with van der Waals surface area (Å²) in [6.45, 7) is 3.31. The topological polar surface area (TPSA) is 41.9 Å². The maximum atomic E-state index is 12.6. The molecular weight excluding hydrogens is 325 g/mol. The number of alkyl halides is 3. The van der Waals surface area contributed by atoms with E-state index in [0.717, 1.165) is 30.7 Å². The van der Waals surface area contributed by atoms with Gasteiger partial charge in [-0.1, -0.05) is 6.07 Å². The summed E-state index contributed by atoms with van der Waals surface area (Å²) < 4.78 is 39.7. The van der Waals surface area contributed by atoms with Crippen LogP contribution in [0, 0.1) is 6.92 Å². The molecule has 0 amide bonds. The number of nitrogens with one attached hydrogen (secondary N) is 2. The van der Waals surface area contributed by atoms with E-state index in [9.17, 15) is 13.2 Å². The summed E-state index contributed by atoms with van der Waals surface area (Å²) >= 11 is 5.08. The molecule has 2 aromatic rings. The van der Waals surface area contributed by atoms with Gasteiger partial charge in [0.25, 0.3) is 0 Å². The van der Waals surface area contributed by atoms with Gasteiger partial charge >= 0.3 is 6.18 Å². The molecule has 2 rings (SSSR count). The van der Waals surface area contributed by atoms with Gasteiger partial charge in [0.2, 0.25) is 0 Å². The second-order valence-electron chi connectivity index (χ2n) is 5.09. The largest absolute Gasteiger partial charge is 0.416 e. The third kappa shape index (κ3) is 5.55. The number of hydrogen-bond donors (Lipinski definition) is 2. The molecule has 124 valence electrons. The van der Waals surface area contributed by atoms with Gasteiger partial charge in [-0.15, -0.1) is 0 Å². The van der Waals surface area contributed by atoms with Crippen LogP contribution in [0.3, 0.4) is 0 Å². The number of halogens is 3. The Balaban J connectivity index is 1.76. The van der Waals surface area contributed by atoms with Crippen LogP contribution >= 0.6 is 12.2 Å². The first-order valence-electron chi connectivity index (χ1n) is 7.06. The van der Waals surface area contributed by atoms with Crippen molar-refractivity contribution in [3.63, 3.8) is 0 Å². The predicted molar refractivity (Wildman–Crippen MR) is 87.2 cm³/mol. The Kier molecular flexibility index (Phi) is 5.59. The molecule has 0 atom stereocenters. The van der Waals surface area contributed by atoms with Crippen molar-refractivity contribution in [1.82, 2.24) is 15.1 Å². The smallest absolute Gasteiger partial charge is 0.362 e. The number of rotatable bonds is 5. The molecule has 1 heterocycles. The van der Waals surface area contributed by atoms with Crippen molar-refractivity contribution in [3.05, 3.63) is 47.8 Å². The number of anilines is 1. The molecule has 1 aromatic carbocycles. The Hall–Kier alpha value is -2.09. The summed E-state index contributed by atoms with van der Waals surface area (Å²) in [5.74, 6) is 0. The highest BCUT2D eigenvalue weighted by atomic mass is 32.1. The van der Waals surface area contributed by atoms with E-state index in [1.807, 2.05) is 17.8 Å². The van der Waals surface area contributed by atoms with Gasteiger partial charge in [-0.3, -0.25) is 4.68 Å². The minimum absolute atomic E-state index is 0.293. The number of thiocarbonyl (C=S) groups is 1. The van der Waals surface area contributed by atoms with E-state index in [-0.39, 0.29) is 0 Å². The van der Waals surface area contributed by atoms with E-state index in [4.69, 9.17) is 12.2 Å². The van der Waals surface area contributed by atoms with Gasteiger partial charge in [-0.25, -0.2) is 0 Å². The van der Waals surface area contributed by atoms with E-state index < -0.39 is 11.7 Å². The molecular formula is C15H17F3N4S. The lowest BCUT2D eigenvalue weighted by atomic mass is 10.2.